The van der Waals surface area contributed by atoms with E-state index in [-0.39, 0.29) is 18.2 Å². The Bertz CT molecular complexity index is 1970. The van der Waals surface area contributed by atoms with Crippen LogP contribution in [0.4, 0.5) is 25.4 Å². The Morgan fingerprint density at radius 1 is 1.08 bits per heavy atom. The minimum Gasteiger partial charge on any atom is -0.493 e. The first-order chi connectivity index (χ1) is 24.8. The summed E-state index contributed by atoms with van der Waals surface area (Å²) in [6, 6.07) is 6.88. The lowest BCUT2D eigenvalue weighted by Gasteiger charge is -2.57. The number of ether oxygens (including phenoxy) is 2. The summed E-state index contributed by atoms with van der Waals surface area (Å²) in [6.45, 7) is 13.6. The number of phosphoric acid groups is 1. The van der Waals surface area contributed by atoms with Crippen LogP contribution in [0.15, 0.2) is 42.9 Å². The van der Waals surface area contributed by atoms with Crippen molar-refractivity contribution in [2.75, 3.05) is 37.4 Å². The molecule has 0 bridgehead atoms. The highest BCUT2D eigenvalue weighted by molar-refractivity contribution is 7.46. The van der Waals surface area contributed by atoms with Crippen LogP contribution in [0.25, 0.3) is 10.9 Å². The fourth-order valence-corrected chi connectivity index (χ4v) is 9.44. The van der Waals surface area contributed by atoms with Gasteiger partial charge in [0.05, 0.1) is 31.3 Å². The smallest absolute Gasteiger partial charge is 0.470 e. The molecule has 4 aromatic rings. The summed E-state index contributed by atoms with van der Waals surface area (Å²) < 4.78 is 57.6. The number of rotatable bonds is 14. The van der Waals surface area contributed by atoms with Gasteiger partial charge in [-0.3, -0.25) is 14.2 Å². The molecule has 1 amide bonds. The number of carbonyl (C=O) groups excluding carboxylic acids is 1. The van der Waals surface area contributed by atoms with Crippen LogP contribution in [0.1, 0.15) is 65.7 Å². The predicted octanol–water partition coefficient (Wildman–Crippen LogP) is 7.47. The van der Waals surface area contributed by atoms with Gasteiger partial charge in [-0.05, 0) is 54.8 Å². The Balaban J connectivity index is 1.24. The molecule has 2 aromatic heterocycles. The zero-order valence-corrected chi connectivity index (χ0v) is 32.6. The molecule has 53 heavy (non-hydrogen) atoms. The SMILES string of the molecule is COc1cc2c(Nc3ncc(CC(=O)Nc4cccc(F)c4F)s3)ncnc2cc1OCCCN1CCC[C@@H]1C(OP(=O)(O)O)(C(C)(C)C)C(C)(C)C. The number of thiazole rings is 1. The minimum atomic E-state index is -4.82. The second-order valence-electron chi connectivity index (χ2n) is 15.0. The first-order valence-electron chi connectivity index (χ1n) is 17.2. The van der Waals surface area contributed by atoms with E-state index in [9.17, 15) is 27.9 Å². The molecule has 0 saturated carbocycles. The Labute approximate surface area is 311 Å². The first-order valence-corrected chi connectivity index (χ1v) is 19.6. The highest BCUT2D eigenvalue weighted by Gasteiger charge is 2.61. The number of methoxy groups -OCH3 is 1. The number of fused-ring (bicyclic) bond motifs is 1. The Kier molecular flexibility index (Phi) is 12.1. The molecule has 1 aliphatic heterocycles. The van der Waals surface area contributed by atoms with Crippen LogP contribution in [-0.4, -0.2) is 74.0 Å². The quantitative estimate of drug-likeness (QED) is 0.0738. The lowest BCUT2D eigenvalue weighted by Crippen LogP contribution is -2.65. The van der Waals surface area contributed by atoms with Crippen molar-refractivity contribution < 1.29 is 41.9 Å². The largest absolute Gasteiger partial charge is 0.493 e. The maximum absolute atomic E-state index is 14.0. The van der Waals surface area contributed by atoms with Crippen molar-refractivity contribution in [1.82, 2.24) is 19.9 Å². The molecule has 4 N–H and O–H groups in total. The third-order valence-electron chi connectivity index (χ3n) is 9.43. The van der Waals surface area contributed by atoms with Crippen LogP contribution in [0, 0.1) is 22.5 Å². The standard InChI is InChI=1S/C36H47F2N6O7PS/c1-34(2,3)36(35(4,5)6,51-52(46,47)48)29-13-9-14-44(29)15-10-16-50-28-19-26-23(18-27(28)49-7)32(41-21-40-26)43-33-39-20-22(53-33)17-30(45)42-25-12-8-11-24(37)31(25)38/h8,11-12,18-21,29H,9-10,13-17H2,1-7H3,(H,42,45)(H2,46,47,48)(H,39,40,41,43)/t29-/m1/s1. The number of hydrogen-bond acceptors (Lipinski definition) is 11. The van der Waals surface area contributed by atoms with E-state index in [1.807, 2.05) is 41.5 Å². The fourth-order valence-electron chi connectivity index (χ4n) is 7.59. The Hall–Kier alpha value is -3.79. The molecule has 1 atom stereocenters. The molecule has 288 valence electrons. The molecular formula is C36H47F2N6O7PS. The number of anilines is 3. The average molecular weight is 777 g/mol. The Morgan fingerprint density at radius 2 is 1.81 bits per heavy atom. The monoisotopic (exact) mass is 776 g/mol. The molecule has 0 spiro atoms. The molecule has 5 rings (SSSR count). The van der Waals surface area contributed by atoms with Gasteiger partial charge in [-0.15, -0.1) is 11.3 Å². The van der Waals surface area contributed by atoms with Gasteiger partial charge in [0.2, 0.25) is 5.91 Å². The number of carbonyl (C=O) groups is 1. The first kappa shape index (κ1) is 40.4. The van der Waals surface area contributed by atoms with Gasteiger partial charge in [0.1, 0.15) is 17.7 Å². The summed E-state index contributed by atoms with van der Waals surface area (Å²) in [5.41, 5.74) is -1.97. The molecule has 13 nitrogen and oxygen atoms in total. The van der Waals surface area contributed by atoms with Gasteiger partial charge >= 0.3 is 7.82 Å². The van der Waals surface area contributed by atoms with Gasteiger partial charge in [0.25, 0.3) is 0 Å². The van der Waals surface area contributed by atoms with E-state index in [0.29, 0.717) is 57.8 Å². The lowest BCUT2D eigenvalue weighted by atomic mass is 9.58. The van der Waals surface area contributed by atoms with Gasteiger partial charge in [-0.1, -0.05) is 47.6 Å². The fraction of sp³-hybridized carbons (Fsp3) is 0.500. The van der Waals surface area contributed by atoms with Crippen LogP contribution < -0.4 is 20.1 Å². The van der Waals surface area contributed by atoms with E-state index in [0.717, 1.165) is 25.5 Å². The highest BCUT2D eigenvalue weighted by atomic mass is 32.1. The normalized spacial score (nSPS) is 15.9. The molecule has 0 aliphatic carbocycles. The lowest BCUT2D eigenvalue weighted by molar-refractivity contribution is -0.168. The number of phosphoric ester groups is 1. The number of aromatic nitrogens is 3. The maximum Gasteiger partial charge on any atom is 0.470 e. The van der Waals surface area contributed by atoms with Gasteiger partial charge in [0, 0.05) is 35.1 Å². The summed E-state index contributed by atoms with van der Waals surface area (Å²) in [6.07, 6.45) is 5.09. The zero-order valence-electron chi connectivity index (χ0n) is 30.9. The summed E-state index contributed by atoms with van der Waals surface area (Å²) in [7, 11) is -3.28. The summed E-state index contributed by atoms with van der Waals surface area (Å²) in [4.78, 5) is 48.6. The van der Waals surface area contributed by atoms with Crippen molar-refractivity contribution >= 4 is 52.6 Å². The molecule has 1 aliphatic rings. The second-order valence-corrected chi connectivity index (χ2v) is 17.3. The number of amides is 1. The predicted molar refractivity (Wildman–Crippen MR) is 200 cm³/mol. The topological polar surface area (TPSA) is 168 Å². The number of nitrogens with one attached hydrogen (secondary N) is 2. The van der Waals surface area contributed by atoms with Crippen LogP contribution in [0.5, 0.6) is 11.5 Å². The Morgan fingerprint density at radius 3 is 2.49 bits per heavy atom. The van der Waals surface area contributed by atoms with Gasteiger partial charge in [-0.25, -0.2) is 28.3 Å². The average Bonchev–Trinajstić information content (AvgIpc) is 3.71. The van der Waals surface area contributed by atoms with Gasteiger partial charge in [-0.2, -0.15) is 0 Å². The van der Waals surface area contributed by atoms with Gasteiger partial charge < -0.3 is 29.9 Å². The van der Waals surface area contributed by atoms with Crippen molar-refractivity contribution in [3.63, 3.8) is 0 Å². The maximum atomic E-state index is 14.0. The third-order valence-corrected chi connectivity index (χ3v) is 10.9. The number of halogens is 2. The molecule has 1 saturated heterocycles. The van der Waals surface area contributed by atoms with E-state index in [1.54, 1.807) is 12.1 Å². The van der Waals surface area contributed by atoms with Crippen molar-refractivity contribution in [2.24, 2.45) is 10.8 Å². The second kappa shape index (κ2) is 15.9. The number of likely N-dealkylation sites (tertiary alicyclic amines) is 1. The third kappa shape index (κ3) is 9.13. The molecule has 0 unspecified atom stereocenters. The summed E-state index contributed by atoms with van der Waals surface area (Å²) >= 11 is 1.21. The highest BCUT2D eigenvalue weighted by Crippen LogP contribution is 2.59. The van der Waals surface area contributed by atoms with E-state index in [1.165, 1.54) is 43.1 Å². The van der Waals surface area contributed by atoms with Crippen LogP contribution in [0.3, 0.4) is 0 Å². The molecule has 2 aromatic carbocycles. The van der Waals surface area contributed by atoms with Crippen molar-refractivity contribution in [2.45, 2.75) is 78.9 Å². The van der Waals surface area contributed by atoms with Crippen LogP contribution in [-0.2, 0) is 20.3 Å². The van der Waals surface area contributed by atoms with E-state index < -0.39 is 41.8 Å². The van der Waals surface area contributed by atoms with Gasteiger partial charge in [0.15, 0.2) is 28.3 Å². The van der Waals surface area contributed by atoms with E-state index >= 15 is 0 Å². The van der Waals surface area contributed by atoms with Crippen LogP contribution >= 0.6 is 19.2 Å². The minimum absolute atomic E-state index is 0.0953. The zero-order chi connectivity index (χ0) is 38.8. The van der Waals surface area contributed by atoms with Crippen molar-refractivity contribution in [3.05, 3.63) is 59.4 Å². The van der Waals surface area contributed by atoms with Crippen molar-refractivity contribution in [1.29, 1.82) is 0 Å². The number of nitrogens with zero attached hydrogens (tertiary/aromatic N) is 4. The molecule has 1 fully saturated rings. The molecule has 3 heterocycles. The van der Waals surface area contributed by atoms with Crippen LogP contribution in [0.2, 0.25) is 0 Å². The molecule has 17 heteroatoms. The van der Waals surface area contributed by atoms with E-state index in [2.05, 4.69) is 30.5 Å². The number of hydrogen-bond donors (Lipinski definition) is 4. The molecular weight excluding hydrogens is 729 g/mol. The van der Waals surface area contributed by atoms with E-state index in [4.69, 9.17) is 14.0 Å². The molecule has 0 radical (unpaired) electrons. The number of benzene rings is 2. The van der Waals surface area contributed by atoms with Crippen molar-refractivity contribution in [3.8, 4) is 11.5 Å². The summed E-state index contributed by atoms with van der Waals surface area (Å²) in [5, 5.41) is 6.64. The summed E-state index contributed by atoms with van der Waals surface area (Å²) in [5.74, 6) is -1.30.